The van der Waals surface area contributed by atoms with Crippen LogP contribution in [0.2, 0.25) is 0 Å². The van der Waals surface area contributed by atoms with E-state index in [1.54, 1.807) is 7.11 Å². The molecular formula is C15H24N2O. The lowest BCUT2D eigenvalue weighted by atomic mass is 9.92. The molecule has 2 rings (SSSR count). The Bertz CT molecular complexity index is 394. The van der Waals surface area contributed by atoms with Gasteiger partial charge in [-0.25, -0.2) is 0 Å². The Morgan fingerprint density at radius 1 is 1.44 bits per heavy atom. The third-order valence-corrected chi connectivity index (χ3v) is 4.13. The summed E-state index contributed by atoms with van der Waals surface area (Å²) in [7, 11) is 1.71. The first-order valence-electron chi connectivity index (χ1n) is 6.75. The van der Waals surface area contributed by atoms with Gasteiger partial charge in [-0.1, -0.05) is 19.1 Å². The van der Waals surface area contributed by atoms with Crippen molar-refractivity contribution in [3.05, 3.63) is 29.8 Å². The highest BCUT2D eigenvalue weighted by Gasteiger charge is 2.26. The molecule has 3 atom stereocenters. The molecule has 0 aromatic heterocycles. The van der Waals surface area contributed by atoms with Crippen molar-refractivity contribution in [3.63, 3.8) is 0 Å². The fraction of sp³-hybridized carbons (Fsp3) is 0.600. The minimum atomic E-state index is 0.360. The monoisotopic (exact) mass is 248 g/mol. The zero-order valence-electron chi connectivity index (χ0n) is 11.6. The first-order valence-corrected chi connectivity index (χ1v) is 6.75. The Morgan fingerprint density at radius 3 is 2.89 bits per heavy atom. The van der Waals surface area contributed by atoms with Crippen molar-refractivity contribution in [3.8, 4) is 5.75 Å². The molecule has 0 bridgehead atoms. The van der Waals surface area contributed by atoms with E-state index in [1.165, 1.54) is 5.56 Å². The predicted octanol–water partition coefficient (Wildman–Crippen LogP) is 2.43. The number of benzene rings is 1. The van der Waals surface area contributed by atoms with Crippen molar-refractivity contribution in [1.29, 1.82) is 0 Å². The number of ether oxygens (including phenoxy) is 1. The summed E-state index contributed by atoms with van der Waals surface area (Å²) >= 11 is 0. The summed E-state index contributed by atoms with van der Waals surface area (Å²) in [4.78, 5) is 2.52. The SMILES string of the molecule is COc1cccc(C(C)N2CCC(N)C(C)C2)c1. The van der Waals surface area contributed by atoms with E-state index in [4.69, 9.17) is 10.5 Å². The maximum atomic E-state index is 6.08. The van der Waals surface area contributed by atoms with Gasteiger partial charge in [-0.2, -0.15) is 0 Å². The smallest absolute Gasteiger partial charge is 0.119 e. The Labute approximate surface area is 110 Å². The standard InChI is InChI=1S/C15H24N2O/c1-11-10-17(8-7-15(11)16)12(2)13-5-4-6-14(9-13)18-3/h4-6,9,11-12,15H,7-8,10,16H2,1-3H3. The Balaban J connectivity index is 2.08. The average Bonchev–Trinajstić information content (AvgIpc) is 2.41. The largest absolute Gasteiger partial charge is 0.497 e. The number of nitrogens with two attached hydrogens (primary N) is 1. The van der Waals surface area contributed by atoms with Crippen LogP contribution >= 0.6 is 0 Å². The van der Waals surface area contributed by atoms with Gasteiger partial charge < -0.3 is 10.5 Å². The number of piperidine rings is 1. The second kappa shape index (κ2) is 5.72. The van der Waals surface area contributed by atoms with Crippen LogP contribution in [0.1, 0.15) is 31.9 Å². The lowest BCUT2D eigenvalue weighted by Gasteiger charge is -2.39. The van der Waals surface area contributed by atoms with Gasteiger partial charge in [0.15, 0.2) is 0 Å². The maximum absolute atomic E-state index is 6.08. The van der Waals surface area contributed by atoms with Crippen LogP contribution in [0.25, 0.3) is 0 Å². The summed E-state index contributed by atoms with van der Waals surface area (Å²) in [6, 6.07) is 9.14. The number of methoxy groups -OCH3 is 1. The van der Waals surface area contributed by atoms with E-state index in [0.717, 1.165) is 25.3 Å². The Kier molecular flexibility index (Phi) is 4.25. The van der Waals surface area contributed by atoms with E-state index in [1.807, 2.05) is 6.07 Å². The Hall–Kier alpha value is -1.06. The number of hydrogen-bond donors (Lipinski definition) is 1. The number of hydrogen-bond acceptors (Lipinski definition) is 3. The van der Waals surface area contributed by atoms with Gasteiger partial charge in [-0.3, -0.25) is 4.90 Å². The molecule has 0 spiro atoms. The molecule has 18 heavy (non-hydrogen) atoms. The molecule has 3 heteroatoms. The van der Waals surface area contributed by atoms with E-state index >= 15 is 0 Å². The molecule has 1 fully saturated rings. The minimum Gasteiger partial charge on any atom is -0.497 e. The van der Waals surface area contributed by atoms with Crippen LogP contribution in [-0.4, -0.2) is 31.1 Å². The molecule has 0 radical (unpaired) electrons. The summed E-state index contributed by atoms with van der Waals surface area (Å²) in [5.74, 6) is 1.51. The highest BCUT2D eigenvalue weighted by molar-refractivity contribution is 5.30. The predicted molar refractivity (Wildman–Crippen MR) is 74.7 cm³/mol. The van der Waals surface area contributed by atoms with Crippen LogP contribution in [0.3, 0.4) is 0 Å². The van der Waals surface area contributed by atoms with Gasteiger partial charge in [0.05, 0.1) is 7.11 Å². The lowest BCUT2D eigenvalue weighted by Crippen LogP contribution is -2.46. The van der Waals surface area contributed by atoms with E-state index in [-0.39, 0.29) is 0 Å². The topological polar surface area (TPSA) is 38.5 Å². The molecule has 1 heterocycles. The summed E-state index contributed by atoms with van der Waals surface area (Å²) < 4.78 is 5.29. The molecule has 0 aliphatic carbocycles. The number of rotatable bonds is 3. The second-order valence-electron chi connectivity index (χ2n) is 5.38. The molecule has 1 aliphatic rings. The van der Waals surface area contributed by atoms with Crippen molar-refractivity contribution in [2.45, 2.75) is 32.4 Å². The molecule has 2 N–H and O–H groups in total. The molecule has 100 valence electrons. The molecule has 1 aromatic rings. The summed E-state index contributed by atoms with van der Waals surface area (Å²) in [5.41, 5.74) is 7.39. The zero-order valence-corrected chi connectivity index (χ0v) is 11.6. The maximum Gasteiger partial charge on any atom is 0.119 e. The normalized spacial score (nSPS) is 26.9. The molecule has 0 amide bonds. The average molecular weight is 248 g/mol. The van der Waals surface area contributed by atoms with Gasteiger partial charge in [-0.05, 0) is 37.0 Å². The van der Waals surface area contributed by atoms with E-state index in [0.29, 0.717) is 18.0 Å². The second-order valence-corrected chi connectivity index (χ2v) is 5.38. The van der Waals surface area contributed by atoms with Crippen LogP contribution in [0, 0.1) is 5.92 Å². The quantitative estimate of drug-likeness (QED) is 0.893. The number of likely N-dealkylation sites (tertiary alicyclic amines) is 1. The highest BCUT2D eigenvalue weighted by atomic mass is 16.5. The number of nitrogens with zero attached hydrogens (tertiary/aromatic N) is 1. The minimum absolute atomic E-state index is 0.360. The van der Waals surface area contributed by atoms with Crippen LogP contribution in [0.4, 0.5) is 0 Å². The van der Waals surface area contributed by atoms with E-state index in [2.05, 4.69) is 36.9 Å². The summed E-state index contributed by atoms with van der Waals surface area (Å²) in [5, 5.41) is 0. The zero-order chi connectivity index (χ0) is 13.1. The van der Waals surface area contributed by atoms with Gasteiger partial charge >= 0.3 is 0 Å². The molecule has 3 nitrogen and oxygen atoms in total. The molecule has 1 aliphatic heterocycles. The van der Waals surface area contributed by atoms with Crippen molar-refractivity contribution in [1.82, 2.24) is 4.90 Å². The van der Waals surface area contributed by atoms with E-state index in [9.17, 15) is 0 Å². The van der Waals surface area contributed by atoms with Gasteiger partial charge in [-0.15, -0.1) is 0 Å². The third-order valence-electron chi connectivity index (χ3n) is 4.13. The van der Waals surface area contributed by atoms with Crippen molar-refractivity contribution >= 4 is 0 Å². The van der Waals surface area contributed by atoms with Crippen LogP contribution in [0.15, 0.2) is 24.3 Å². The highest BCUT2D eigenvalue weighted by Crippen LogP contribution is 2.27. The molecule has 3 unspecified atom stereocenters. The van der Waals surface area contributed by atoms with Crippen LogP contribution < -0.4 is 10.5 Å². The van der Waals surface area contributed by atoms with Gasteiger partial charge in [0, 0.05) is 25.2 Å². The van der Waals surface area contributed by atoms with Crippen molar-refractivity contribution < 1.29 is 4.74 Å². The van der Waals surface area contributed by atoms with Crippen LogP contribution in [0.5, 0.6) is 5.75 Å². The fourth-order valence-corrected chi connectivity index (χ4v) is 2.66. The first kappa shape index (κ1) is 13.4. The molecular weight excluding hydrogens is 224 g/mol. The van der Waals surface area contributed by atoms with Gasteiger partial charge in [0.25, 0.3) is 0 Å². The summed E-state index contributed by atoms with van der Waals surface area (Å²) in [6.45, 7) is 6.68. The van der Waals surface area contributed by atoms with E-state index < -0.39 is 0 Å². The van der Waals surface area contributed by atoms with Gasteiger partial charge in [0.2, 0.25) is 0 Å². The first-order chi connectivity index (χ1) is 8.61. The lowest BCUT2D eigenvalue weighted by molar-refractivity contribution is 0.124. The molecule has 1 aromatic carbocycles. The fourth-order valence-electron chi connectivity index (χ4n) is 2.66. The third kappa shape index (κ3) is 2.85. The van der Waals surface area contributed by atoms with Crippen LogP contribution in [-0.2, 0) is 0 Å². The molecule has 1 saturated heterocycles. The van der Waals surface area contributed by atoms with Gasteiger partial charge in [0.1, 0.15) is 5.75 Å². The van der Waals surface area contributed by atoms with Crippen molar-refractivity contribution in [2.75, 3.05) is 20.2 Å². The molecule has 0 saturated carbocycles. The summed E-state index contributed by atoms with van der Waals surface area (Å²) in [6.07, 6.45) is 1.09. The Morgan fingerprint density at radius 2 is 2.22 bits per heavy atom. The van der Waals surface area contributed by atoms with Crippen molar-refractivity contribution in [2.24, 2.45) is 11.7 Å².